The highest BCUT2D eigenvalue weighted by atomic mass is 33.1. The summed E-state index contributed by atoms with van der Waals surface area (Å²) in [6, 6.07) is 0. The molecule has 0 aliphatic heterocycles. The van der Waals surface area contributed by atoms with Crippen LogP contribution in [0.25, 0.3) is 0 Å². The number of rotatable bonds is 9. The normalized spacial score (nSPS) is 38.8. The molecule has 0 unspecified atom stereocenters. The number of aliphatic hydroxyl groups is 1. The van der Waals surface area contributed by atoms with Crippen LogP contribution in [-0.4, -0.2) is 54.0 Å². The van der Waals surface area contributed by atoms with E-state index < -0.39 is 0 Å². The van der Waals surface area contributed by atoms with Gasteiger partial charge in [0.2, 0.25) is 0 Å². The maximum Gasteiger partial charge on any atom is 0.260 e. The number of nitrogens with two attached hydrogens (primary N) is 1. The maximum absolute atomic E-state index is 12.0. The first-order valence-corrected chi connectivity index (χ1v) is 15.2. The second-order valence-electron chi connectivity index (χ2n) is 10.8. The fourth-order valence-corrected chi connectivity index (χ4v) is 9.00. The number of carbonyl (C=O) groups is 1. The molecule has 0 aromatic carbocycles. The molecule has 186 valence electrons. The lowest BCUT2D eigenvalue weighted by atomic mass is 9.47. The topological polar surface area (TPSA) is 96.9 Å². The molecule has 1 amide bonds. The number of aliphatic hydroxyl groups excluding tert-OH is 1. The number of carbonyl (C=O) groups excluding carboxylic acids is 1. The van der Waals surface area contributed by atoms with Gasteiger partial charge in [-0.1, -0.05) is 46.2 Å². The molecule has 0 bridgehead atoms. The minimum atomic E-state index is -0.124. The van der Waals surface area contributed by atoms with Gasteiger partial charge in [0, 0.05) is 24.6 Å². The van der Waals surface area contributed by atoms with Crippen molar-refractivity contribution in [3.8, 4) is 0 Å². The minimum Gasteiger partial charge on any atom is -0.393 e. The average Bonchev–Trinajstić information content (AvgIpc) is 3.11. The molecule has 8 heteroatoms. The number of fused-ring (bicyclic) bond motifs is 5. The lowest BCUT2D eigenvalue weighted by Crippen LogP contribution is -2.51. The molecule has 33 heavy (non-hydrogen) atoms. The summed E-state index contributed by atoms with van der Waals surface area (Å²) in [5.41, 5.74) is 8.34. The predicted molar refractivity (Wildman–Crippen MR) is 138 cm³/mol. The number of hydrogen-bond acceptors (Lipinski definition) is 7. The largest absolute Gasteiger partial charge is 0.393 e. The third-order valence-electron chi connectivity index (χ3n) is 9.10. The molecule has 3 saturated carbocycles. The lowest BCUT2D eigenvalue weighted by Gasteiger charge is -2.57. The Morgan fingerprint density at radius 1 is 1.18 bits per heavy atom. The third kappa shape index (κ3) is 5.29. The second kappa shape index (κ2) is 10.9. The van der Waals surface area contributed by atoms with E-state index in [1.807, 2.05) is 0 Å². The molecule has 6 nitrogen and oxygen atoms in total. The zero-order valence-electron chi connectivity index (χ0n) is 20.2. The van der Waals surface area contributed by atoms with E-state index in [4.69, 9.17) is 10.6 Å². The highest BCUT2D eigenvalue weighted by Gasteiger charge is 2.58. The van der Waals surface area contributed by atoms with Crippen LogP contribution in [0.3, 0.4) is 0 Å². The number of allylic oxidation sites excluding steroid dienone is 2. The van der Waals surface area contributed by atoms with Crippen LogP contribution < -0.4 is 11.1 Å². The quantitative estimate of drug-likeness (QED) is 0.253. The summed E-state index contributed by atoms with van der Waals surface area (Å²) in [7, 11) is 3.45. The van der Waals surface area contributed by atoms with Gasteiger partial charge in [-0.05, 0) is 86.0 Å². The van der Waals surface area contributed by atoms with Gasteiger partial charge in [-0.15, -0.1) is 0 Å². The van der Waals surface area contributed by atoms with E-state index in [9.17, 15) is 9.90 Å². The fraction of sp³-hybridized carbons (Fsp3) is 0.840. The minimum absolute atomic E-state index is 0.0299. The van der Waals surface area contributed by atoms with Crippen LogP contribution >= 0.6 is 21.6 Å². The van der Waals surface area contributed by atoms with Crippen molar-refractivity contribution in [1.82, 2.24) is 5.32 Å². The fourth-order valence-electron chi connectivity index (χ4n) is 7.24. The van der Waals surface area contributed by atoms with E-state index in [1.54, 1.807) is 21.6 Å². The van der Waals surface area contributed by atoms with Crippen molar-refractivity contribution in [2.24, 2.45) is 39.5 Å². The van der Waals surface area contributed by atoms with Gasteiger partial charge in [0.1, 0.15) is 0 Å². The summed E-state index contributed by atoms with van der Waals surface area (Å²) in [5.74, 6) is 3.80. The Bertz CT molecular complexity index is 776. The van der Waals surface area contributed by atoms with Crippen LogP contribution in [-0.2, 0) is 9.63 Å². The molecule has 4 aliphatic carbocycles. The van der Waals surface area contributed by atoms with Crippen molar-refractivity contribution in [2.45, 2.75) is 71.3 Å². The first-order valence-electron chi connectivity index (χ1n) is 12.7. The van der Waals surface area contributed by atoms with Crippen molar-refractivity contribution < 1.29 is 14.7 Å². The average molecular weight is 496 g/mol. The summed E-state index contributed by atoms with van der Waals surface area (Å²) in [6.07, 6.45) is 11.1. The first kappa shape index (κ1) is 25.4. The number of oxime groups is 1. The second-order valence-corrected chi connectivity index (χ2v) is 13.5. The number of amides is 1. The van der Waals surface area contributed by atoms with Crippen LogP contribution in [0.15, 0.2) is 16.8 Å². The Labute approximate surface area is 206 Å². The van der Waals surface area contributed by atoms with Gasteiger partial charge in [0.05, 0.1) is 11.8 Å². The van der Waals surface area contributed by atoms with Crippen LogP contribution in [0.1, 0.15) is 65.2 Å². The predicted octanol–water partition coefficient (Wildman–Crippen LogP) is 4.14. The van der Waals surface area contributed by atoms with E-state index in [0.29, 0.717) is 19.0 Å². The van der Waals surface area contributed by atoms with Gasteiger partial charge < -0.3 is 21.0 Å². The van der Waals surface area contributed by atoms with Crippen LogP contribution in [0, 0.1) is 28.6 Å². The maximum atomic E-state index is 12.0. The van der Waals surface area contributed by atoms with Crippen LogP contribution in [0.5, 0.6) is 0 Å². The molecule has 0 saturated heterocycles. The van der Waals surface area contributed by atoms with Crippen LogP contribution in [0.2, 0.25) is 0 Å². The van der Waals surface area contributed by atoms with E-state index in [2.05, 4.69) is 30.4 Å². The van der Waals surface area contributed by atoms with Crippen molar-refractivity contribution in [3.63, 3.8) is 0 Å². The molecule has 4 rings (SSSR count). The molecule has 0 spiro atoms. The van der Waals surface area contributed by atoms with Crippen molar-refractivity contribution in [2.75, 3.05) is 31.2 Å². The van der Waals surface area contributed by atoms with Crippen molar-refractivity contribution in [3.05, 3.63) is 11.6 Å². The highest BCUT2D eigenvalue weighted by molar-refractivity contribution is 8.76. The Morgan fingerprint density at radius 2 is 2.00 bits per heavy atom. The molecule has 0 aromatic heterocycles. The van der Waals surface area contributed by atoms with E-state index in [1.165, 1.54) is 24.8 Å². The Morgan fingerprint density at radius 3 is 2.82 bits per heavy atom. The molecule has 0 radical (unpaired) electrons. The summed E-state index contributed by atoms with van der Waals surface area (Å²) in [6.45, 7) is 6.09. The first-order chi connectivity index (χ1) is 15.9. The molecule has 4 N–H and O–H groups in total. The molecule has 6 atom stereocenters. The SMILES string of the molecule is C[C@]12CC[C@H]3[C@@H](CCC4=C/C(=N\OCC(=O)NCCSSCCN)CC[C@@]43C)[C@@H]1CC[C@@H]2O. The lowest BCUT2D eigenvalue weighted by molar-refractivity contribution is -0.125. The van der Waals surface area contributed by atoms with Gasteiger partial charge >= 0.3 is 0 Å². The van der Waals surface area contributed by atoms with Gasteiger partial charge in [0.25, 0.3) is 5.91 Å². The summed E-state index contributed by atoms with van der Waals surface area (Å²) in [4.78, 5) is 17.4. The summed E-state index contributed by atoms with van der Waals surface area (Å²) >= 11 is 0. The Kier molecular flexibility index (Phi) is 8.40. The zero-order valence-corrected chi connectivity index (χ0v) is 21.8. The van der Waals surface area contributed by atoms with Gasteiger partial charge in [-0.2, -0.15) is 0 Å². The number of hydrogen-bond donors (Lipinski definition) is 3. The standard InChI is InChI=1S/C25H41N3O3S2/c1-24-9-7-18(28-31-16-23(30)27-12-14-33-32-13-11-26)15-17(24)3-4-19-20-5-6-22(29)25(20,2)10-8-21(19)24/h15,19-22,29H,3-14,16,26H2,1-2H3,(H,27,30)/b28-18-/t19-,20-,21-,22-,24-,25-/m0/s1. The molecular weight excluding hydrogens is 454 g/mol. The van der Waals surface area contributed by atoms with E-state index in [0.717, 1.165) is 61.2 Å². The van der Waals surface area contributed by atoms with Crippen molar-refractivity contribution >= 4 is 33.2 Å². The smallest absolute Gasteiger partial charge is 0.260 e. The summed E-state index contributed by atoms with van der Waals surface area (Å²) < 4.78 is 0. The molecule has 4 aliphatic rings. The number of nitrogens with one attached hydrogen (secondary N) is 1. The Balaban J connectivity index is 1.29. The Hall–Kier alpha value is -0.700. The summed E-state index contributed by atoms with van der Waals surface area (Å²) in [5, 5.41) is 17.8. The third-order valence-corrected chi connectivity index (χ3v) is 11.5. The molecule has 3 fully saturated rings. The van der Waals surface area contributed by atoms with Gasteiger partial charge in [0.15, 0.2) is 6.61 Å². The van der Waals surface area contributed by atoms with Crippen molar-refractivity contribution in [1.29, 1.82) is 0 Å². The number of nitrogens with zero attached hydrogens (tertiary/aromatic N) is 1. The van der Waals surface area contributed by atoms with E-state index >= 15 is 0 Å². The highest BCUT2D eigenvalue weighted by Crippen LogP contribution is 2.65. The zero-order chi connectivity index (χ0) is 23.5. The van der Waals surface area contributed by atoms with Gasteiger partial charge in [-0.3, -0.25) is 4.79 Å². The molecule has 0 aromatic rings. The van der Waals surface area contributed by atoms with Gasteiger partial charge in [-0.25, -0.2) is 0 Å². The van der Waals surface area contributed by atoms with Crippen LogP contribution in [0.4, 0.5) is 0 Å². The molecular formula is C25H41N3O3S2. The monoisotopic (exact) mass is 495 g/mol. The molecule has 0 heterocycles. The van der Waals surface area contributed by atoms with E-state index in [-0.39, 0.29) is 29.4 Å².